The Balaban J connectivity index is 3.46. The molecule has 0 aromatic rings. The molecule has 0 N–H and O–H groups in total. The van der Waals surface area contributed by atoms with Crippen LogP contribution < -0.4 is 0 Å². The molecular formula is C8H15ClO. The molecule has 0 unspecified atom stereocenters. The lowest BCUT2D eigenvalue weighted by Crippen LogP contribution is -2.20. The quantitative estimate of drug-likeness (QED) is 0.458. The molecule has 0 aliphatic carbocycles. The minimum absolute atomic E-state index is 0.0883. The highest BCUT2D eigenvalue weighted by atomic mass is 35.5. The van der Waals surface area contributed by atoms with Gasteiger partial charge in [-0.1, -0.05) is 6.58 Å². The third kappa shape index (κ3) is 6.12. The first-order chi connectivity index (χ1) is 4.45. The summed E-state index contributed by atoms with van der Waals surface area (Å²) in [5, 5.41) is 0. The molecule has 0 fully saturated rings. The summed E-state index contributed by atoms with van der Waals surface area (Å²) in [6.45, 7) is 10.3. The summed E-state index contributed by atoms with van der Waals surface area (Å²) >= 11 is 5.50. The summed E-state index contributed by atoms with van der Waals surface area (Å²) in [5.74, 6) is 0.482. The van der Waals surface area contributed by atoms with Crippen LogP contribution in [0, 0.1) is 0 Å². The Morgan fingerprint density at radius 3 is 2.30 bits per heavy atom. The fourth-order valence-electron chi connectivity index (χ4n) is 0.357. The van der Waals surface area contributed by atoms with Crippen molar-refractivity contribution in [2.75, 3.05) is 12.5 Å². The minimum atomic E-state index is -0.0883. The van der Waals surface area contributed by atoms with Crippen molar-refractivity contribution in [3.8, 4) is 0 Å². The van der Waals surface area contributed by atoms with Gasteiger partial charge in [0.1, 0.15) is 0 Å². The van der Waals surface area contributed by atoms with Crippen molar-refractivity contribution in [3.05, 3.63) is 12.2 Å². The highest BCUT2D eigenvalue weighted by Crippen LogP contribution is 2.08. The summed E-state index contributed by atoms with van der Waals surface area (Å²) in [6, 6.07) is 0. The van der Waals surface area contributed by atoms with Crippen LogP contribution in [0.15, 0.2) is 12.2 Å². The van der Waals surface area contributed by atoms with Crippen LogP contribution >= 0.6 is 11.6 Å². The molecule has 0 saturated heterocycles. The Labute approximate surface area is 68.0 Å². The second kappa shape index (κ2) is 3.99. The van der Waals surface area contributed by atoms with E-state index in [0.29, 0.717) is 12.5 Å². The third-order valence-corrected chi connectivity index (χ3v) is 1.28. The van der Waals surface area contributed by atoms with Crippen LogP contribution in [-0.4, -0.2) is 18.1 Å². The fourth-order valence-corrected chi connectivity index (χ4v) is 0.434. The van der Waals surface area contributed by atoms with Gasteiger partial charge in [0.15, 0.2) is 0 Å². The first kappa shape index (κ1) is 9.99. The van der Waals surface area contributed by atoms with Crippen LogP contribution in [0.2, 0.25) is 0 Å². The molecule has 0 saturated carbocycles. The van der Waals surface area contributed by atoms with E-state index in [2.05, 4.69) is 6.58 Å². The van der Waals surface area contributed by atoms with Gasteiger partial charge in [-0.05, 0) is 26.3 Å². The van der Waals surface area contributed by atoms with Gasteiger partial charge in [-0.2, -0.15) is 0 Å². The predicted octanol–water partition coefficient (Wildman–Crippen LogP) is 2.60. The zero-order chi connectivity index (χ0) is 8.20. The van der Waals surface area contributed by atoms with Crippen LogP contribution in [0.25, 0.3) is 0 Å². The standard InChI is InChI=1S/C8H15ClO/c1-7(5-9)6-10-8(2,3)4/h1,5-6H2,2-4H3. The van der Waals surface area contributed by atoms with Crippen molar-refractivity contribution in [3.63, 3.8) is 0 Å². The molecular weight excluding hydrogens is 148 g/mol. The van der Waals surface area contributed by atoms with E-state index >= 15 is 0 Å². The van der Waals surface area contributed by atoms with E-state index in [0.717, 1.165) is 5.57 Å². The average Bonchev–Trinajstić information content (AvgIpc) is 1.81. The van der Waals surface area contributed by atoms with Crippen LogP contribution in [0.1, 0.15) is 20.8 Å². The average molecular weight is 163 g/mol. The van der Waals surface area contributed by atoms with E-state index in [1.807, 2.05) is 20.8 Å². The zero-order valence-electron chi connectivity index (χ0n) is 6.91. The highest BCUT2D eigenvalue weighted by Gasteiger charge is 2.09. The molecule has 0 bridgehead atoms. The molecule has 0 aliphatic heterocycles. The van der Waals surface area contributed by atoms with Gasteiger partial charge < -0.3 is 4.74 Å². The summed E-state index contributed by atoms with van der Waals surface area (Å²) in [6.07, 6.45) is 0. The molecule has 0 aromatic heterocycles. The number of hydrogen-bond donors (Lipinski definition) is 0. The Morgan fingerprint density at radius 1 is 1.50 bits per heavy atom. The van der Waals surface area contributed by atoms with E-state index < -0.39 is 0 Å². The second-order valence-electron chi connectivity index (χ2n) is 3.28. The number of rotatable bonds is 3. The monoisotopic (exact) mass is 162 g/mol. The SMILES string of the molecule is C=C(CCl)COC(C)(C)C. The van der Waals surface area contributed by atoms with E-state index in [4.69, 9.17) is 16.3 Å². The van der Waals surface area contributed by atoms with Gasteiger partial charge in [0, 0.05) is 5.88 Å². The van der Waals surface area contributed by atoms with Gasteiger partial charge in [-0.25, -0.2) is 0 Å². The number of halogens is 1. The van der Waals surface area contributed by atoms with Gasteiger partial charge in [-0.15, -0.1) is 11.6 Å². The number of hydrogen-bond acceptors (Lipinski definition) is 1. The molecule has 0 radical (unpaired) electrons. The van der Waals surface area contributed by atoms with Gasteiger partial charge >= 0.3 is 0 Å². The topological polar surface area (TPSA) is 9.23 Å². The van der Waals surface area contributed by atoms with Gasteiger partial charge in [0.25, 0.3) is 0 Å². The normalized spacial score (nSPS) is 11.6. The van der Waals surface area contributed by atoms with Crippen LogP contribution in [-0.2, 0) is 4.74 Å². The Bertz CT molecular complexity index is 113. The van der Waals surface area contributed by atoms with Crippen molar-refractivity contribution >= 4 is 11.6 Å². The minimum Gasteiger partial charge on any atom is -0.371 e. The molecule has 0 heterocycles. The molecule has 1 nitrogen and oxygen atoms in total. The lowest BCUT2D eigenvalue weighted by atomic mass is 10.2. The van der Waals surface area contributed by atoms with Crippen molar-refractivity contribution < 1.29 is 4.74 Å². The highest BCUT2D eigenvalue weighted by molar-refractivity contribution is 6.19. The number of ether oxygens (including phenoxy) is 1. The van der Waals surface area contributed by atoms with E-state index in [1.54, 1.807) is 0 Å². The zero-order valence-corrected chi connectivity index (χ0v) is 7.66. The summed E-state index contributed by atoms with van der Waals surface area (Å²) in [4.78, 5) is 0. The molecule has 0 spiro atoms. The van der Waals surface area contributed by atoms with Crippen molar-refractivity contribution in [2.45, 2.75) is 26.4 Å². The van der Waals surface area contributed by atoms with Crippen LogP contribution in [0.4, 0.5) is 0 Å². The second-order valence-corrected chi connectivity index (χ2v) is 3.55. The van der Waals surface area contributed by atoms with Crippen LogP contribution in [0.3, 0.4) is 0 Å². The molecule has 2 heteroatoms. The Morgan fingerprint density at radius 2 is 2.00 bits per heavy atom. The lowest BCUT2D eigenvalue weighted by Gasteiger charge is -2.19. The van der Waals surface area contributed by atoms with Gasteiger partial charge in [0.2, 0.25) is 0 Å². The van der Waals surface area contributed by atoms with Crippen molar-refractivity contribution in [1.29, 1.82) is 0 Å². The van der Waals surface area contributed by atoms with Gasteiger partial charge in [-0.3, -0.25) is 0 Å². The van der Waals surface area contributed by atoms with Crippen molar-refractivity contribution in [2.24, 2.45) is 0 Å². The summed E-state index contributed by atoms with van der Waals surface area (Å²) in [5.41, 5.74) is 0.839. The Hall–Kier alpha value is -0.0100. The summed E-state index contributed by atoms with van der Waals surface area (Å²) < 4.78 is 5.40. The molecule has 0 aliphatic rings. The van der Waals surface area contributed by atoms with E-state index in [1.165, 1.54) is 0 Å². The third-order valence-electron chi connectivity index (χ3n) is 0.898. The Kier molecular flexibility index (Phi) is 3.99. The van der Waals surface area contributed by atoms with E-state index in [9.17, 15) is 0 Å². The first-order valence-corrected chi connectivity index (χ1v) is 3.86. The molecule has 10 heavy (non-hydrogen) atoms. The maximum Gasteiger partial charge on any atom is 0.0692 e. The molecule has 0 rings (SSSR count). The van der Waals surface area contributed by atoms with Crippen LogP contribution in [0.5, 0.6) is 0 Å². The molecule has 60 valence electrons. The maximum atomic E-state index is 5.50. The number of alkyl halides is 1. The maximum absolute atomic E-state index is 5.50. The summed E-state index contributed by atoms with van der Waals surface area (Å²) in [7, 11) is 0. The van der Waals surface area contributed by atoms with Gasteiger partial charge in [0.05, 0.1) is 12.2 Å². The predicted molar refractivity (Wildman–Crippen MR) is 45.6 cm³/mol. The first-order valence-electron chi connectivity index (χ1n) is 3.32. The largest absolute Gasteiger partial charge is 0.371 e. The lowest BCUT2D eigenvalue weighted by molar-refractivity contribution is 0.0114. The molecule has 0 aromatic carbocycles. The molecule has 0 atom stereocenters. The van der Waals surface area contributed by atoms with Crippen molar-refractivity contribution in [1.82, 2.24) is 0 Å². The fraction of sp³-hybridized carbons (Fsp3) is 0.750. The molecule has 0 amide bonds. The van der Waals surface area contributed by atoms with E-state index in [-0.39, 0.29) is 5.60 Å². The smallest absolute Gasteiger partial charge is 0.0692 e.